The number of hydrogen-bond donors (Lipinski definition) is 3. The minimum atomic E-state index is -0.643. The van der Waals surface area contributed by atoms with Crippen LogP contribution in [0.3, 0.4) is 0 Å². The summed E-state index contributed by atoms with van der Waals surface area (Å²) >= 11 is 0. The summed E-state index contributed by atoms with van der Waals surface area (Å²) in [5.74, 6) is 0.480. The van der Waals surface area contributed by atoms with Gasteiger partial charge in [-0.1, -0.05) is 19.1 Å². The van der Waals surface area contributed by atoms with E-state index >= 15 is 0 Å². The number of aliphatic hydroxyl groups is 2. The van der Waals surface area contributed by atoms with E-state index in [-0.39, 0.29) is 42.5 Å². The third-order valence-corrected chi connectivity index (χ3v) is 6.91. The van der Waals surface area contributed by atoms with Crippen molar-refractivity contribution in [2.45, 2.75) is 57.6 Å². The molecule has 2 saturated carbocycles. The second-order valence-corrected chi connectivity index (χ2v) is 8.81. The Hall–Kier alpha value is -0.910. The molecule has 0 aromatic heterocycles. The fourth-order valence-corrected chi connectivity index (χ4v) is 5.12. The third-order valence-electron chi connectivity index (χ3n) is 6.91. The number of esters is 1. The van der Waals surface area contributed by atoms with Crippen LogP contribution in [0.15, 0.2) is 12.2 Å². The monoisotopic (exact) mass is 338 g/mol. The third kappa shape index (κ3) is 3.02. The number of rotatable bonds is 5. The minimum Gasteiger partial charge on any atom is -0.462 e. The summed E-state index contributed by atoms with van der Waals surface area (Å²) in [6, 6.07) is 0. The number of carbonyl (C=O) groups is 1. The molecule has 0 bridgehead atoms. The second-order valence-electron chi connectivity index (χ2n) is 8.81. The Morgan fingerprint density at radius 1 is 1.42 bits per heavy atom. The van der Waals surface area contributed by atoms with E-state index in [4.69, 9.17) is 4.74 Å². The molecule has 136 valence electrons. The first-order chi connectivity index (χ1) is 11.3. The first-order valence-electron chi connectivity index (χ1n) is 9.26. The van der Waals surface area contributed by atoms with E-state index in [2.05, 4.69) is 13.5 Å². The fraction of sp³-hybridized carbons (Fsp3) is 0.842. The van der Waals surface area contributed by atoms with Crippen molar-refractivity contribution in [2.75, 3.05) is 19.8 Å². The van der Waals surface area contributed by atoms with Gasteiger partial charge in [-0.3, -0.25) is 4.79 Å². The van der Waals surface area contributed by atoms with Crippen molar-refractivity contribution in [1.29, 1.82) is 0 Å². The number of ether oxygens (including phenoxy) is 1. The Morgan fingerprint density at radius 3 is 2.79 bits per heavy atom. The molecule has 1 heterocycles. The first kappa shape index (κ1) is 17.9. The molecule has 0 aromatic carbocycles. The van der Waals surface area contributed by atoms with Gasteiger partial charge in [0, 0.05) is 5.92 Å². The predicted octanol–water partition coefficient (Wildman–Crippen LogP) is 0.607. The Kier molecular flexibility index (Phi) is 4.80. The fourth-order valence-electron chi connectivity index (χ4n) is 5.12. The lowest BCUT2D eigenvalue weighted by Gasteiger charge is -2.49. The summed E-state index contributed by atoms with van der Waals surface area (Å²) in [6.07, 6.45) is 5.45. The molecule has 0 spiro atoms. The number of aliphatic hydroxyl groups excluding tert-OH is 2. The molecule has 2 aliphatic carbocycles. The lowest BCUT2D eigenvalue weighted by Crippen LogP contribution is -2.99. The van der Waals surface area contributed by atoms with Crippen LogP contribution in [-0.4, -0.2) is 47.6 Å². The van der Waals surface area contributed by atoms with Gasteiger partial charge in [-0.2, -0.15) is 0 Å². The molecule has 3 rings (SSSR count). The zero-order valence-electron chi connectivity index (χ0n) is 15.0. The highest BCUT2D eigenvalue weighted by Gasteiger charge is 2.55. The van der Waals surface area contributed by atoms with E-state index in [0.717, 1.165) is 19.3 Å². The van der Waals surface area contributed by atoms with E-state index < -0.39 is 5.54 Å². The molecule has 3 fully saturated rings. The molecule has 0 aromatic rings. The van der Waals surface area contributed by atoms with Gasteiger partial charge in [-0.05, 0) is 50.4 Å². The van der Waals surface area contributed by atoms with Crippen LogP contribution in [0.1, 0.15) is 46.0 Å². The quantitative estimate of drug-likeness (QED) is 0.507. The van der Waals surface area contributed by atoms with Crippen LogP contribution in [0.2, 0.25) is 0 Å². The normalized spacial score (nSPS) is 39.3. The maximum Gasteiger partial charge on any atom is 0.315 e. The van der Waals surface area contributed by atoms with Crippen LogP contribution < -0.4 is 5.32 Å². The zero-order chi connectivity index (χ0) is 17.5. The van der Waals surface area contributed by atoms with Gasteiger partial charge in [0.1, 0.15) is 17.6 Å². The number of nitrogens with two attached hydrogens (primary N) is 1. The molecule has 5 atom stereocenters. The lowest BCUT2D eigenvalue weighted by atomic mass is 9.55. The largest absolute Gasteiger partial charge is 0.462 e. The molecule has 0 amide bonds. The average Bonchev–Trinajstić information content (AvgIpc) is 2.84. The second kappa shape index (κ2) is 6.43. The minimum absolute atomic E-state index is 0.0255. The van der Waals surface area contributed by atoms with Gasteiger partial charge in [0.05, 0.1) is 19.8 Å². The Balaban J connectivity index is 1.72. The van der Waals surface area contributed by atoms with Crippen molar-refractivity contribution >= 4 is 5.97 Å². The van der Waals surface area contributed by atoms with Crippen LogP contribution in [0.5, 0.6) is 0 Å². The van der Waals surface area contributed by atoms with Crippen LogP contribution in [0.4, 0.5) is 0 Å². The van der Waals surface area contributed by atoms with Crippen molar-refractivity contribution in [1.82, 2.24) is 0 Å². The molecule has 5 nitrogen and oxygen atoms in total. The van der Waals surface area contributed by atoms with Gasteiger partial charge in [0.2, 0.25) is 0 Å². The van der Waals surface area contributed by atoms with Crippen molar-refractivity contribution in [3.63, 3.8) is 0 Å². The van der Waals surface area contributed by atoms with Gasteiger partial charge in [0.15, 0.2) is 0 Å². The van der Waals surface area contributed by atoms with Gasteiger partial charge < -0.3 is 20.3 Å². The van der Waals surface area contributed by atoms with Gasteiger partial charge >= 0.3 is 5.97 Å². The summed E-state index contributed by atoms with van der Waals surface area (Å²) in [5, 5.41) is 20.8. The molecule has 5 heteroatoms. The highest BCUT2D eigenvalue weighted by molar-refractivity contribution is 5.75. The van der Waals surface area contributed by atoms with Crippen LogP contribution >= 0.6 is 0 Å². The molecule has 3 aliphatic rings. The van der Waals surface area contributed by atoms with Crippen molar-refractivity contribution in [3.8, 4) is 0 Å². The van der Waals surface area contributed by atoms with E-state index in [1.165, 1.54) is 18.4 Å². The topological polar surface area (TPSA) is 83.4 Å². The molecule has 1 saturated heterocycles. The van der Waals surface area contributed by atoms with Gasteiger partial charge in [-0.15, -0.1) is 0 Å². The number of carbonyl (C=O) groups excluding carboxylic acids is 1. The van der Waals surface area contributed by atoms with Crippen molar-refractivity contribution in [2.24, 2.45) is 23.2 Å². The van der Waals surface area contributed by atoms with E-state index in [9.17, 15) is 15.0 Å². The number of fused-ring (bicyclic) bond motifs is 2. The summed E-state index contributed by atoms with van der Waals surface area (Å²) in [5.41, 5.74) is 0.927. The Morgan fingerprint density at radius 2 is 2.12 bits per heavy atom. The van der Waals surface area contributed by atoms with E-state index in [1.54, 1.807) is 0 Å². The zero-order valence-corrected chi connectivity index (χ0v) is 15.0. The van der Waals surface area contributed by atoms with E-state index in [0.29, 0.717) is 12.5 Å². The van der Waals surface area contributed by atoms with Gasteiger partial charge in [-0.25, -0.2) is 0 Å². The summed E-state index contributed by atoms with van der Waals surface area (Å²) in [7, 11) is 0. The van der Waals surface area contributed by atoms with Crippen LogP contribution in [-0.2, 0) is 9.53 Å². The SMILES string of the molecule is C=C1CCC[C@]2(C)C[C@H]3OC(=O)[C@H](C[NH2+]C(C)(CO)CO)[C@H]3C[C@H]12. The van der Waals surface area contributed by atoms with Gasteiger partial charge in [0.25, 0.3) is 0 Å². The molecule has 4 N–H and O–H groups in total. The van der Waals surface area contributed by atoms with Crippen molar-refractivity contribution < 1.29 is 25.1 Å². The molecule has 1 aliphatic heterocycles. The summed E-state index contributed by atoms with van der Waals surface area (Å²) < 4.78 is 5.75. The summed E-state index contributed by atoms with van der Waals surface area (Å²) in [6.45, 7) is 8.79. The Bertz CT molecular complexity index is 515. The molecule has 24 heavy (non-hydrogen) atoms. The van der Waals surface area contributed by atoms with Crippen LogP contribution in [0.25, 0.3) is 0 Å². The van der Waals surface area contributed by atoms with Crippen molar-refractivity contribution in [3.05, 3.63) is 12.2 Å². The van der Waals surface area contributed by atoms with E-state index in [1.807, 2.05) is 12.2 Å². The lowest BCUT2D eigenvalue weighted by molar-refractivity contribution is -0.731. The predicted molar refractivity (Wildman–Crippen MR) is 90.1 cm³/mol. The number of hydrogen-bond acceptors (Lipinski definition) is 4. The first-order valence-corrected chi connectivity index (χ1v) is 9.26. The highest BCUT2D eigenvalue weighted by Crippen LogP contribution is 2.56. The number of quaternary nitrogens is 1. The molecule has 0 radical (unpaired) electrons. The molecular weight excluding hydrogens is 306 g/mol. The molecule has 0 unspecified atom stereocenters. The highest BCUT2D eigenvalue weighted by atomic mass is 16.6. The molecular formula is C19H32NO4+. The Labute approximate surface area is 144 Å². The van der Waals surface area contributed by atoms with Crippen LogP contribution in [0, 0.1) is 23.2 Å². The standard InChI is InChI=1S/C19H31NO4/c1-12-5-4-6-18(2)8-16-13(7-15(12)18)14(17(23)24-16)9-20-19(3,10-21)11-22/h13-16,20-22H,1,4-11H2,2-3H3/p+1/t13-,14-,15-,16-,18-/m1/s1. The number of allylic oxidation sites excluding steroid dienone is 1. The summed E-state index contributed by atoms with van der Waals surface area (Å²) in [4.78, 5) is 12.4. The average molecular weight is 338 g/mol. The smallest absolute Gasteiger partial charge is 0.315 e. The maximum absolute atomic E-state index is 12.4. The maximum atomic E-state index is 12.4.